The van der Waals surface area contributed by atoms with Crippen LogP contribution in [0.2, 0.25) is 5.02 Å². The lowest BCUT2D eigenvalue weighted by atomic mass is 10.1. The number of anilines is 1. The van der Waals surface area contributed by atoms with Gasteiger partial charge >= 0.3 is 0 Å². The molecule has 5 heteroatoms. The molecule has 2 rings (SSSR count). The van der Waals surface area contributed by atoms with Crippen LogP contribution in [0.1, 0.15) is 22.8 Å². The van der Waals surface area contributed by atoms with Gasteiger partial charge in [0.15, 0.2) is 5.78 Å². The van der Waals surface area contributed by atoms with Gasteiger partial charge in [-0.2, -0.15) is 0 Å². The van der Waals surface area contributed by atoms with E-state index >= 15 is 0 Å². The van der Waals surface area contributed by atoms with Gasteiger partial charge in [-0.15, -0.1) is 0 Å². The number of carbonyl (C=O) groups excluding carboxylic acids is 1. The average Bonchev–Trinajstić information content (AvgIpc) is 2.66. The van der Waals surface area contributed by atoms with Crippen LogP contribution in [-0.4, -0.2) is 12.3 Å². The molecular formula is C18H15BrClNO2. The van der Waals surface area contributed by atoms with Crippen molar-refractivity contribution in [2.75, 3.05) is 11.9 Å². The zero-order chi connectivity index (χ0) is 16.8. The van der Waals surface area contributed by atoms with Gasteiger partial charge in [0, 0.05) is 16.0 Å². The minimum atomic E-state index is -0.356. The van der Waals surface area contributed by atoms with E-state index in [0.717, 1.165) is 5.56 Å². The fourth-order valence-electron chi connectivity index (χ4n) is 2.02. The molecular weight excluding hydrogens is 378 g/mol. The molecule has 0 bridgehead atoms. The van der Waals surface area contributed by atoms with Gasteiger partial charge in [-0.05, 0) is 48.9 Å². The molecule has 0 spiro atoms. The first kappa shape index (κ1) is 17.4. The van der Waals surface area contributed by atoms with Crippen LogP contribution in [0, 0.1) is 0 Å². The molecule has 0 aromatic heterocycles. The third-order valence-electron chi connectivity index (χ3n) is 3.09. The molecule has 2 aromatic rings. The number of rotatable bonds is 5. The second kappa shape index (κ2) is 8.09. The van der Waals surface area contributed by atoms with E-state index in [9.17, 15) is 9.59 Å². The highest BCUT2D eigenvalue weighted by molar-refractivity contribution is 9.10. The summed E-state index contributed by atoms with van der Waals surface area (Å²) in [4.78, 5) is 24.9. The van der Waals surface area contributed by atoms with Gasteiger partial charge in [0.1, 0.15) is 0 Å². The molecule has 0 saturated carbocycles. The highest BCUT2D eigenvalue weighted by Gasteiger charge is 2.10. The van der Waals surface area contributed by atoms with Crippen LogP contribution in [0.4, 0.5) is 5.69 Å². The molecule has 2 aromatic carbocycles. The van der Waals surface area contributed by atoms with Crippen LogP contribution in [0.25, 0.3) is 6.08 Å². The lowest BCUT2D eigenvalue weighted by Gasteiger charge is -1.99. The summed E-state index contributed by atoms with van der Waals surface area (Å²) in [6.07, 6.45) is 3.02. The highest BCUT2D eigenvalue weighted by atomic mass is 79.9. The van der Waals surface area contributed by atoms with E-state index in [1.54, 1.807) is 36.4 Å². The lowest BCUT2D eigenvalue weighted by molar-refractivity contribution is 0.104. The number of ketones is 1. The molecule has 0 heterocycles. The predicted molar refractivity (Wildman–Crippen MR) is 99.4 cm³/mol. The summed E-state index contributed by atoms with van der Waals surface area (Å²) in [7, 11) is 0. The van der Waals surface area contributed by atoms with Crippen molar-refractivity contribution in [3.05, 3.63) is 79.4 Å². The molecule has 0 radical (unpaired) electrons. The summed E-state index contributed by atoms with van der Waals surface area (Å²) in [5.41, 5.74) is 0.983. The van der Waals surface area contributed by atoms with Crippen LogP contribution in [0.5, 0.6) is 0 Å². The largest absolute Gasteiger partial charge is 0.382 e. The maximum atomic E-state index is 12.5. The Bertz CT molecular complexity index is 818. The molecule has 1 N–H and O–H groups in total. The fourth-order valence-corrected chi connectivity index (χ4v) is 2.58. The Morgan fingerprint density at radius 1 is 1.26 bits per heavy atom. The van der Waals surface area contributed by atoms with Crippen molar-refractivity contribution in [1.29, 1.82) is 0 Å². The molecule has 0 aliphatic heterocycles. The summed E-state index contributed by atoms with van der Waals surface area (Å²) in [6.45, 7) is 2.49. The summed E-state index contributed by atoms with van der Waals surface area (Å²) >= 11 is 9.24. The van der Waals surface area contributed by atoms with Crippen LogP contribution < -0.4 is 10.7 Å². The van der Waals surface area contributed by atoms with Gasteiger partial charge in [0.05, 0.1) is 11.3 Å². The Balaban J connectivity index is 2.39. The minimum Gasteiger partial charge on any atom is -0.382 e. The maximum Gasteiger partial charge on any atom is 0.212 e. The molecule has 0 saturated heterocycles. The molecule has 0 atom stereocenters. The van der Waals surface area contributed by atoms with Gasteiger partial charge in [0.25, 0.3) is 0 Å². The summed E-state index contributed by atoms with van der Waals surface area (Å²) in [5.74, 6) is -0.356. The van der Waals surface area contributed by atoms with Gasteiger partial charge in [-0.1, -0.05) is 45.7 Å². The van der Waals surface area contributed by atoms with Crippen LogP contribution in [0.3, 0.4) is 0 Å². The Hall–Kier alpha value is -1.91. The van der Waals surface area contributed by atoms with Crippen molar-refractivity contribution in [3.63, 3.8) is 0 Å². The minimum absolute atomic E-state index is 0.108. The fraction of sp³-hybridized carbons (Fsp3) is 0.111. The second-order valence-electron chi connectivity index (χ2n) is 4.80. The van der Waals surface area contributed by atoms with Crippen molar-refractivity contribution in [3.8, 4) is 0 Å². The highest BCUT2D eigenvalue weighted by Crippen LogP contribution is 2.14. The predicted octanol–water partition coefficient (Wildman–Crippen LogP) is 4.79. The average molecular weight is 393 g/mol. The molecule has 0 fully saturated rings. The smallest absolute Gasteiger partial charge is 0.212 e. The number of carbonyl (C=O) groups is 1. The zero-order valence-corrected chi connectivity index (χ0v) is 14.8. The molecule has 118 valence electrons. The van der Waals surface area contributed by atoms with Crippen molar-refractivity contribution >= 4 is 45.1 Å². The summed E-state index contributed by atoms with van der Waals surface area (Å²) in [5, 5.41) is 3.56. The monoisotopic (exact) mass is 391 g/mol. The number of hydrogen-bond acceptors (Lipinski definition) is 3. The third kappa shape index (κ3) is 4.78. The molecule has 0 unspecified atom stereocenters. The van der Waals surface area contributed by atoms with Crippen LogP contribution in [-0.2, 0) is 0 Å². The Morgan fingerprint density at radius 3 is 2.74 bits per heavy atom. The molecule has 23 heavy (non-hydrogen) atoms. The number of nitrogens with one attached hydrogen (secondary N) is 1. The van der Waals surface area contributed by atoms with Gasteiger partial charge in [-0.25, -0.2) is 0 Å². The second-order valence-corrected chi connectivity index (χ2v) is 6.15. The Labute approximate surface area is 148 Å². The normalized spacial score (nSPS) is 10.7. The lowest BCUT2D eigenvalue weighted by Crippen LogP contribution is -2.15. The topological polar surface area (TPSA) is 46.2 Å². The Morgan fingerprint density at radius 2 is 2.04 bits per heavy atom. The standard InChI is InChI=1S/C18H15BrClNO2/c1-2-21-16-8-7-13(19)11-15(18(16)23)17(22)9-6-12-4-3-5-14(20)10-12/h3-11H,2H2,1H3,(H,21,23)/b9-6-. The first-order valence-corrected chi connectivity index (χ1v) is 8.24. The van der Waals surface area contributed by atoms with E-state index < -0.39 is 0 Å². The number of hydrogen-bond donors (Lipinski definition) is 1. The summed E-state index contributed by atoms with van der Waals surface area (Å²) < 4.78 is 0.665. The quantitative estimate of drug-likeness (QED) is 0.588. The number of benzene rings is 1. The van der Waals surface area contributed by atoms with E-state index in [1.807, 2.05) is 13.0 Å². The molecule has 3 nitrogen and oxygen atoms in total. The molecule has 0 aliphatic carbocycles. The van der Waals surface area contributed by atoms with Gasteiger partial charge in [-0.3, -0.25) is 9.59 Å². The Kier molecular flexibility index (Phi) is 6.13. The van der Waals surface area contributed by atoms with E-state index in [4.69, 9.17) is 11.6 Å². The first-order chi connectivity index (χ1) is 11.0. The van der Waals surface area contributed by atoms with Crippen molar-refractivity contribution in [2.24, 2.45) is 0 Å². The maximum absolute atomic E-state index is 12.5. The van der Waals surface area contributed by atoms with E-state index in [-0.39, 0.29) is 16.8 Å². The molecule has 0 amide bonds. The van der Waals surface area contributed by atoms with Crippen LogP contribution in [0.15, 0.2) is 57.8 Å². The van der Waals surface area contributed by atoms with Gasteiger partial charge in [0.2, 0.25) is 5.43 Å². The van der Waals surface area contributed by atoms with Crippen LogP contribution >= 0.6 is 27.5 Å². The zero-order valence-electron chi connectivity index (χ0n) is 12.5. The number of allylic oxidation sites excluding steroid dienone is 1. The van der Waals surface area contributed by atoms with Crippen molar-refractivity contribution in [1.82, 2.24) is 0 Å². The number of halogens is 2. The molecule has 0 aliphatic rings. The van der Waals surface area contributed by atoms with E-state index in [1.165, 1.54) is 12.1 Å². The van der Waals surface area contributed by atoms with Crippen molar-refractivity contribution < 1.29 is 4.79 Å². The summed E-state index contributed by atoms with van der Waals surface area (Å²) in [6, 6.07) is 12.1. The van der Waals surface area contributed by atoms with Gasteiger partial charge < -0.3 is 5.32 Å². The van der Waals surface area contributed by atoms with E-state index in [0.29, 0.717) is 21.7 Å². The van der Waals surface area contributed by atoms with E-state index in [2.05, 4.69) is 21.2 Å². The first-order valence-electron chi connectivity index (χ1n) is 7.07. The van der Waals surface area contributed by atoms with Crippen molar-refractivity contribution in [2.45, 2.75) is 6.92 Å². The SMILES string of the molecule is CCNc1ccc(Br)cc(C(=O)/C=C\c2cccc(Cl)c2)c1=O. The third-order valence-corrected chi connectivity index (χ3v) is 3.82.